The van der Waals surface area contributed by atoms with Crippen LogP contribution >= 0.6 is 0 Å². The first kappa shape index (κ1) is 13.1. The van der Waals surface area contributed by atoms with E-state index in [1.54, 1.807) is 42.1 Å². The van der Waals surface area contributed by atoms with Crippen molar-refractivity contribution in [1.29, 1.82) is 0 Å². The molecular weight excluding hydrogens is 242 g/mol. The van der Waals surface area contributed by atoms with Gasteiger partial charge in [-0.1, -0.05) is 0 Å². The van der Waals surface area contributed by atoms with E-state index in [2.05, 4.69) is 4.98 Å². The lowest BCUT2D eigenvalue weighted by Crippen LogP contribution is -2.06. The van der Waals surface area contributed by atoms with E-state index in [4.69, 9.17) is 4.74 Å². The lowest BCUT2D eigenvalue weighted by Gasteiger charge is -2.04. The number of fused-ring (bicyclic) bond motifs is 1. The van der Waals surface area contributed by atoms with Crippen LogP contribution in [0.15, 0.2) is 30.6 Å². The Bertz CT molecular complexity index is 641. The number of carbonyl (C=O) groups excluding carboxylic acids is 1. The quantitative estimate of drug-likeness (QED) is 0.621. The monoisotopic (exact) mass is 259 g/mol. The summed E-state index contributed by atoms with van der Waals surface area (Å²) in [6.45, 7) is 1.83. The molecule has 0 bridgehead atoms. The number of rotatable bonds is 4. The zero-order valence-electron chi connectivity index (χ0n) is 11.5. The van der Waals surface area contributed by atoms with Gasteiger partial charge < -0.3 is 9.64 Å². The molecule has 100 valence electrons. The van der Waals surface area contributed by atoms with Gasteiger partial charge in [0, 0.05) is 38.6 Å². The number of nitrogens with zero attached hydrogens (tertiary/aromatic N) is 3. The van der Waals surface area contributed by atoms with Crippen molar-refractivity contribution in [2.75, 3.05) is 21.2 Å². The fourth-order valence-electron chi connectivity index (χ4n) is 1.86. The summed E-state index contributed by atoms with van der Waals surface area (Å²) in [7, 11) is 5.35. The summed E-state index contributed by atoms with van der Waals surface area (Å²) in [6, 6.07) is 3.61. The Labute approximate surface area is 112 Å². The molecule has 0 fully saturated rings. The highest BCUT2D eigenvalue weighted by Gasteiger charge is 2.14. The van der Waals surface area contributed by atoms with Crippen molar-refractivity contribution < 1.29 is 9.53 Å². The molecule has 0 unspecified atom stereocenters. The predicted molar refractivity (Wildman–Crippen MR) is 73.6 cm³/mol. The Hall–Kier alpha value is -2.30. The molecule has 0 aromatic carbocycles. The second-order valence-corrected chi connectivity index (χ2v) is 4.48. The molecule has 2 aromatic rings. The number of ether oxygens (including phenoxy) is 1. The van der Waals surface area contributed by atoms with E-state index < -0.39 is 0 Å². The van der Waals surface area contributed by atoms with Crippen LogP contribution in [-0.4, -0.2) is 41.3 Å². The molecule has 0 amide bonds. The van der Waals surface area contributed by atoms with Gasteiger partial charge in [-0.05, 0) is 13.0 Å². The standard InChI is InChI=1S/C14H17N3O2/c1-10-14(12(18)6-7-16(2)3)17-8-5-11(19-4)9-13(17)15-10/h5-9H,1-4H3/b7-6+. The van der Waals surface area contributed by atoms with E-state index in [1.165, 1.54) is 0 Å². The summed E-state index contributed by atoms with van der Waals surface area (Å²) in [5.41, 5.74) is 2.00. The molecule has 19 heavy (non-hydrogen) atoms. The number of ketones is 1. The van der Waals surface area contributed by atoms with Crippen molar-refractivity contribution in [3.8, 4) is 5.75 Å². The number of pyridine rings is 1. The van der Waals surface area contributed by atoms with Gasteiger partial charge in [-0.2, -0.15) is 0 Å². The maximum atomic E-state index is 12.2. The van der Waals surface area contributed by atoms with Crippen LogP contribution in [0.25, 0.3) is 5.65 Å². The summed E-state index contributed by atoms with van der Waals surface area (Å²) in [4.78, 5) is 18.4. The third-order valence-corrected chi connectivity index (χ3v) is 2.77. The van der Waals surface area contributed by atoms with E-state index >= 15 is 0 Å². The minimum atomic E-state index is -0.0659. The van der Waals surface area contributed by atoms with Crippen LogP contribution in [0.2, 0.25) is 0 Å². The third-order valence-electron chi connectivity index (χ3n) is 2.77. The fraction of sp³-hybridized carbons (Fsp3) is 0.286. The van der Waals surface area contributed by atoms with Gasteiger partial charge in [0.15, 0.2) is 0 Å². The topological polar surface area (TPSA) is 46.8 Å². The number of aromatic nitrogens is 2. The Balaban J connectivity index is 2.48. The number of allylic oxidation sites excluding steroid dienone is 1. The Morgan fingerprint density at radius 1 is 1.47 bits per heavy atom. The molecule has 5 nitrogen and oxygen atoms in total. The van der Waals surface area contributed by atoms with Crippen molar-refractivity contribution >= 4 is 11.4 Å². The first-order valence-corrected chi connectivity index (χ1v) is 5.94. The molecule has 5 heteroatoms. The average molecular weight is 259 g/mol. The van der Waals surface area contributed by atoms with Crippen molar-refractivity contribution in [2.24, 2.45) is 0 Å². The molecule has 0 atom stereocenters. The molecule has 0 saturated carbocycles. The van der Waals surface area contributed by atoms with Gasteiger partial charge in [0.2, 0.25) is 5.78 Å². The number of imidazole rings is 1. The van der Waals surface area contributed by atoms with Crippen LogP contribution in [-0.2, 0) is 0 Å². The summed E-state index contributed by atoms with van der Waals surface area (Å²) >= 11 is 0. The van der Waals surface area contributed by atoms with Crippen LogP contribution in [0.3, 0.4) is 0 Å². The SMILES string of the molecule is COc1ccn2c(C(=O)/C=C/N(C)C)c(C)nc2c1. The normalized spacial score (nSPS) is 11.2. The Morgan fingerprint density at radius 3 is 2.84 bits per heavy atom. The molecule has 2 aromatic heterocycles. The molecule has 0 aliphatic carbocycles. The summed E-state index contributed by atoms with van der Waals surface area (Å²) in [5, 5.41) is 0. The summed E-state index contributed by atoms with van der Waals surface area (Å²) in [5.74, 6) is 0.657. The molecular formula is C14H17N3O2. The lowest BCUT2D eigenvalue weighted by molar-refractivity contribution is 0.103. The van der Waals surface area contributed by atoms with Crippen molar-refractivity contribution in [2.45, 2.75) is 6.92 Å². The first-order chi connectivity index (χ1) is 9.02. The molecule has 0 aliphatic rings. The summed E-state index contributed by atoms with van der Waals surface area (Å²) < 4.78 is 6.93. The third kappa shape index (κ3) is 2.59. The van der Waals surface area contributed by atoms with Gasteiger partial charge in [0.05, 0.1) is 12.8 Å². The minimum Gasteiger partial charge on any atom is -0.497 e. The van der Waals surface area contributed by atoms with Gasteiger partial charge in [0.1, 0.15) is 17.1 Å². The van der Waals surface area contributed by atoms with Crippen LogP contribution in [0.5, 0.6) is 5.75 Å². The highest BCUT2D eigenvalue weighted by molar-refractivity contribution is 6.04. The zero-order valence-corrected chi connectivity index (χ0v) is 11.5. The molecule has 0 saturated heterocycles. The van der Waals surface area contributed by atoms with Gasteiger partial charge >= 0.3 is 0 Å². The Kier molecular flexibility index (Phi) is 3.55. The molecule has 2 rings (SSSR count). The van der Waals surface area contributed by atoms with Crippen molar-refractivity contribution in [3.63, 3.8) is 0 Å². The molecule has 2 heterocycles. The van der Waals surface area contributed by atoms with Crippen molar-refractivity contribution in [1.82, 2.24) is 14.3 Å². The van der Waals surface area contributed by atoms with Crippen LogP contribution in [0.1, 0.15) is 16.2 Å². The maximum absolute atomic E-state index is 12.2. The number of hydrogen-bond donors (Lipinski definition) is 0. The van der Waals surface area contributed by atoms with Gasteiger partial charge in [0.25, 0.3) is 0 Å². The molecule has 0 radical (unpaired) electrons. The smallest absolute Gasteiger partial charge is 0.205 e. The highest BCUT2D eigenvalue weighted by Crippen LogP contribution is 2.18. The van der Waals surface area contributed by atoms with Crippen molar-refractivity contribution in [3.05, 3.63) is 42.0 Å². The van der Waals surface area contributed by atoms with E-state index in [1.807, 2.05) is 25.9 Å². The molecule has 0 spiro atoms. The van der Waals surface area contributed by atoms with E-state index in [0.29, 0.717) is 17.0 Å². The van der Waals surface area contributed by atoms with Crippen LogP contribution in [0.4, 0.5) is 0 Å². The van der Waals surface area contributed by atoms with Gasteiger partial charge in [-0.3, -0.25) is 9.20 Å². The first-order valence-electron chi connectivity index (χ1n) is 5.94. The lowest BCUT2D eigenvalue weighted by atomic mass is 10.2. The number of carbonyl (C=O) groups is 1. The molecule has 0 N–H and O–H groups in total. The van der Waals surface area contributed by atoms with Crippen LogP contribution in [0, 0.1) is 6.92 Å². The minimum absolute atomic E-state index is 0.0659. The highest BCUT2D eigenvalue weighted by atomic mass is 16.5. The number of methoxy groups -OCH3 is 1. The summed E-state index contributed by atoms with van der Waals surface area (Å²) in [6.07, 6.45) is 5.07. The number of aryl methyl sites for hydroxylation is 1. The predicted octanol–water partition coefficient (Wildman–Crippen LogP) is 1.91. The zero-order chi connectivity index (χ0) is 14.0. The van der Waals surface area contributed by atoms with Gasteiger partial charge in [-0.25, -0.2) is 4.98 Å². The van der Waals surface area contributed by atoms with E-state index in [9.17, 15) is 4.79 Å². The second kappa shape index (κ2) is 5.14. The average Bonchev–Trinajstić information content (AvgIpc) is 2.70. The largest absolute Gasteiger partial charge is 0.497 e. The van der Waals surface area contributed by atoms with Crippen LogP contribution < -0.4 is 4.74 Å². The second-order valence-electron chi connectivity index (χ2n) is 4.48. The fourth-order valence-corrected chi connectivity index (χ4v) is 1.86. The van der Waals surface area contributed by atoms with Gasteiger partial charge in [-0.15, -0.1) is 0 Å². The van der Waals surface area contributed by atoms with E-state index in [-0.39, 0.29) is 5.78 Å². The Morgan fingerprint density at radius 2 is 2.21 bits per heavy atom. The molecule has 0 aliphatic heterocycles. The number of hydrogen-bond acceptors (Lipinski definition) is 4. The van der Waals surface area contributed by atoms with E-state index in [0.717, 1.165) is 5.75 Å². The maximum Gasteiger partial charge on any atom is 0.205 e.